The van der Waals surface area contributed by atoms with E-state index in [1.165, 1.54) is 6.20 Å². The van der Waals surface area contributed by atoms with Gasteiger partial charge in [0, 0.05) is 29.8 Å². The first kappa shape index (κ1) is 18.6. The van der Waals surface area contributed by atoms with Crippen molar-refractivity contribution in [2.45, 2.75) is 20.0 Å². The lowest BCUT2D eigenvalue weighted by molar-refractivity contribution is 0.100. The van der Waals surface area contributed by atoms with Gasteiger partial charge in [0.1, 0.15) is 11.3 Å². The largest absolute Gasteiger partial charge is 0.392 e. The van der Waals surface area contributed by atoms with Gasteiger partial charge in [0.25, 0.3) is 5.91 Å². The first-order valence-corrected chi connectivity index (χ1v) is 9.20. The number of primary amides is 1. The third kappa shape index (κ3) is 3.41. The molecule has 0 aliphatic heterocycles. The highest BCUT2D eigenvalue weighted by Crippen LogP contribution is 2.32. The number of aromatic nitrogens is 4. The summed E-state index contributed by atoms with van der Waals surface area (Å²) in [7, 11) is 0. The van der Waals surface area contributed by atoms with Crippen LogP contribution in [0.15, 0.2) is 48.9 Å². The van der Waals surface area contributed by atoms with Gasteiger partial charge in [-0.3, -0.25) is 9.78 Å². The maximum Gasteiger partial charge on any atom is 0.252 e. The first-order valence-electron chi connectivity index (χ1n) is 9.20. The van der Waals surface area contributed by atoms with Gasteiger partial charge < -0.3 is 21.1 Å². The van der Waals surface area contributed by atoms with Crippen molar-refractivity contribution in [3.63, 3.8) is 0 Å². The Morgan fingerprint density at radius 3 is 2.72 bits per heavy atom. The summed E-state index contributed by atoms with van der Waals surface area (Å²) in [6.45, 7) is 1.94. The molecule has 0 saturated carbocycles. The van der Waals surface area contributed by atoms with Crippen LogP contribution >= 0.6 is 0 Å². The van der Waals surface area contributed by atoms with E-state index in [0.717, 1.165) is 22.4 Å². The van der Waals surface area contributed by atoms with Crippen LogP contribution in [0.3, 0.4) is 0 Å². The highest BCUT2D eigenvalue weighted by atomic mass is 16.3. The van der Waals surface area contributed by atoms with Gasteiger partial charge >= 0.3 is 0 Å². The number of imidazole rings is 1. The van der Waals surface area contributed by atoms with Gasteiger partial charge in [-0.1, -0.05) is 19.1 Å². The van der Waals surface area contributed by atoms with Crippen LogP contribution in [0.2, 0.25) is 0 Å². The number of carbonyl (C=O) groups excluding carboxylic acids is 1. The molecule has 0 aliphatic carbocycles. The Hall–Kier alpha value is -3.78. The summed E-state index contributed by atoms with van der Waals surface area (Å²) < 4.78 is 0. The molecule has 1 amide bonds. The average molecular weight is 388 g/mol. The van der Waals surface area contributed by atoms with Crippen molar-refractivity contribution in [1.82, 2.24) is 19.9 Å². The predicted octanol–water partition coefficient (Wildman–Crippen LogP) is 2.92. The van der Waals surface area contributed by atoms with Gasteiger partial charge in [0.05, 0.1) is 17.9 Å². The lowest BCUT2D eigenvalue weighted by Crippen LogP contribution is -2.14. The van der Waals surface area contributed by atoms with E-state index in [4.69, 9.17) is 5.73 Å². The van der Waals surface area contributed by atoms with Crippen LogP contribution in [0, 0.1) is 0 Å². The minimum atomic E-state index is -0.605. The second-order valence-corrected chi connectivity index (χ2v) is 6.51. The molecule has 1 aromatic carbocycles. The molecule has 0 aliphatic rings. The monoisotopic (exact) mass is 388 g/mol. The lowest BCUT2D eigenvalue weighted by Gasteiger charge is -2.16. The van der Waals surface area contributed by atoms with Crippen LogP contribution < -0.4 is 11.1 Å². The number of hydrogen-bond donors (Lipinski definition) is 4. The van der Waals surface area contributed by atoms with Crippen LogP contribution in [-0.4, -0.2) is 30.9 Å². The van der Waals surface area contributed by atoms with Crippen molar-refractivity contribution < 1.29 is 9.90 Å². The number of nitrogens with zero attached hydrogens (tertiary/aromatic N) is 3. The molecule has 29 heavy (non-hydrogen) atoms. The molecule has 0 atom stereocenters. The van der Waals surface area contributed by atoms with Gasteiger partial charge in [-0.25, -0.2) is 9.97 Å². The number of carbonyl (C=O) groups is 1. The van der Waals surface area contributed by atoms with Crippen LogP contribution in [0.1, 0.15) is 28.4 Å². The number of aliphatic hydroxyl groups is 1. The molecule has 0 bridgehead atoms. The summed E-state index contributed by atoms with van der Waals surface area (Å²) in [5.41, 5.74) is 10.8. The number of benzene rings is 1. The van der Waals surface area contributed by atoms with E-state index in [1.54, 1.807) is 12.4 Å². The molecule has 4 aromatic rings. The summed E-state index contributed by atoms with van der Waals surface area (Å²) >= 11 is 0. The Bertz CT molecular complexity index is 1190. The molecule has 146 valence electrons. The van der Waals surface area contributed by atoms with Gasteiger partial charge in [0.15, 0.2) is 5.65 Å². The summed E-state index contributed by atoms with van der Waals surface area (Å²) in [5.74, 6) is 0.00566. The minimum absolute atomic E-state index is 0.0677. The number of amides is 1. The smallest absolute Gasteiger partial charge is 0.252 e. The molecule has 0 saturated heterocycles. The second kappa shape index (κ2) is 7.69. The highest BCUT2D eigenvalue weighted by Gasteiger charge is 2.19. The summed E-state index contributed by atoms with van der Waals surface area (Å²) in [4.78, 5) is 28.2. The maximum absolute atomic E-state index is 12.1. The SMILES string of the molecule is CCc1c(CO)cccc1Nc1c(C(N)=O)cnc2[nH]c(-c3ccncc3)nc12. The van der Waals surface area contributed by atoms with Crippen molar-refractivity contribution in [1.29, 1.82) is 0 Å². The Morgan fingerprint density at radius 2 is 2.03 bits per heavy atom. The molecular weight excluding hydrogens is 368 g/mol. The lowest BCUT2D eigenvalue weighted by atomic mass is 10.0. The van der Waals surface area contributed by atoms with E-state index >= 15 is 0 Å². The first-order chi connectivity index (χ1) is 14.1. The number of H-pyrrole nitrogens is 1. The Labute approximate surface area is 166 Å². The molecule has 4 rings (SSSR count). The fourth-order valence-electron chi connectivity index (χ4n) is 3.36. The number of aromatic amines is 1. The molecule has 3 heterocycles. The number of pyridine rings is 2. The zero-order chi connectivity index (χ0) is 20.4. The third-order valence-corrected chi connectivity index (χ3v) is 4.79. The Balaban J connectivity index is 1.89. The maximum atomic E-state index is 12.1. The van der Waals surface area contributed by atoms with E-state index in [1.807, 2.05) is 37.3 Å². The quantitative estimate of drug-likeness (QED) is 0.402. The van der Waals surface area contributed by atoms with Gasteiger partial charge in [-0.2, -0.15) is 0 Å². The summed E-state index contributed by atoms with van der Waals surface area (Å²) in [5, 5.41) is 13.0. The number of nitrogens with two attached hydrogens (primary N) is 1. The van der Waals surface area contributed by atoms with Crippen molar-refractivity contribution in [2.75, 3.05) is 5.32 Å². The van der Waals surface area contributed by atoms with Gasteiger partial charge in [-0.05, 0) is 35.7 Å². The van der Waals surface area contributed by atoms with Crippen LogP contribution in [0.5, 0.6) is 0 Å². The number of hydrogen-bond acceptors (Lipinski definition) is 6. The van der Waals surface area contributed by atoms with Crippen LogP contribution in [-0.2, 0) is 13.0 Å². The van der Waals surface area contributed by atoms with Crippen LogP contribution in [0.4, 0.5) is 11.4 Å². The number of anilines is 2. The number of nitrogens with one attached hydrogen (secondary N) is 2. The van der Waals surface area contributed by atoms with E-state index < -0.39 is 5.91 Å². The zero-order valence-corrected chi connectivity index (χ0v) is 15.8. The average Bonchev–Trinajstić information content (AvgIpc) is 3.19. The molecule has 0 spiro atoms. The topological polar surface area (TPSA) is 130 Å². The van der Waals surface area contributed by atoms with Crippen LogP contribution in [0.25, 0.3) is 22.6 Å². The minimum Gasteiger partial charge on any atom is -0.392 e. The van der Waals surface area contributed by atoms with E-state index in [9.17, 15) is 9.90 Å². The molecule has 8 heteroatoms. The van der Waals surface area contributed by atoms with Gasteiger partial charge in [0.2, 0.25) is 0 Å². The van der Waals surface area contributed by atoms with Crippen molar-refractivity contribution in [3.8, 4) is 11.4 Å². The number of fused-ring (bicyclic) bond motifs is 1. The van der Waals surface area contributed by atoms with Gasteiger partial charge in [-0.15, -0.1) is 0 Å². The normalized spacial score (nSPS) is 11.0. The predicted molar refractivity (Wildman–Crippen MR) is 111 cm³/mol. The molecule has 0 fully saturated rings. The van der Waals surface area contributed by atoms with Crippen molar-refractivity contribution >= 4 is 28.4 Å². The van der Waals surface area contributed by atoms with E-state index in [-0.39, 0.29) is 12.2 Å². The molecule has 0 radical (unpaired) electrons. The standard InChI is InChI=1S/C21H20N6O2/c1-2-14-13(11-28)4-3-5-16(14)25-17-15(19(22)29)10-24-21-18(17)26-20(27-21)12-6-8-23-9-7-12/h3-10,28H,2,11H2,1H3,(H2,22,29)(H2,24,25,26,27). The Morgan fingerprint density at radius 1 is 1.24 bits per heavy atom. The zero-order valence-electron chi connectivity index (χ0n) is 15.8. The Kier molecular flexibility index (Phi) is 4.92. The summed E-state index contributed by atoms with van der Waals surface area (Å²) in [6.07, 6.45) is 5.50. The number of aliphatic hydroxyl groups excluding tert-OH is 1. The van der Waals surface area contributed by atoms with Crippen molar-refractivity contribution in [2.24, 2.45) is 5.73 Å². The molecule has 0 unspecified atom stereocenters. The fourth-order valence-corrected chi connectivity index (χ4v) is 3.36. The molecule has 5 N–H and O–H groups in total. The number of rotatable bonds is 6. The van der Waals surface area contributed by atoms with E-state index in [2.05, 4.69) is 25.3 Å². The second-order valence-electron chi connectivity index (χ2n) is 6.51. The third-order valence-electron chi connectivity index (χ3n) is 4.79. The van der Waals surface area contributed by atoms with Crippen molar-refractivity contribution in [3.05, 3.63) is 65.6 Å². The summed E-state index contributed by atoms with van der Waals surface area (Å²) in [6, 6.07) is 9.28. The molecular formula is C21H20N6O2. The van der Waals surface area contributed by atoms with E-state index in [0.29, 0.717) is 29.1 Å². The fraction of sp³-hybridized carbons (Fsp3) is 0.143. The molecule has 3 aromatic heterocycles. The highest BCUT2D eigenvalue weighted by molar-refractivity contribution is 6.06. The molecule has 8 nitrogen and oxygen atoms in total.